The molecule has 8 heteroatoms. The van der Waals surface area contributed by atoms with Gasteiger partial charge in [-0.05, 0) is 42.8 Å². The summed E-state index contributed by atoms with van der Waals surface area (Å²) in [6.07, 6.45) is 4.66. The number of nitrogens with zero attached hydrogens (tertiary/aromatic N) is 3. The number of ether oxygens (including phenoxy) is 2. The molecule has 0 atom stereocenters. The first-order chi connectivity index (χ1) is 16.2. The molecule has 0 bridgehead atoms. The predicted molar refractivity (Wildman–Crippen MR) is 136 cm³/mol. The van der Waals surface area contributed by atoms with Crippen LogP contribution in [0.25, 0.3) is 11.1 Å². The zero-order valence-electron chi connectivity index (χ0n) is 19.7. The van der Waals surface area contributed by atoms with Crippen molar-refractivity contribution in [3.63, 3.8) is 0 Å². The van der Waals surface area contributed by atoms with E-state index in [1.807, 2.05) is 32.0 Å². The van der Waals surface area contributed by atoms with Gasteiger partial charge in [0.25, 0.3) is 0 Å². The highest BCUT2D eigenvalue weighted by Gasteiger charge is 2.13. The van der Waals surface area contributed by atoms with Gasteiger partial charge in [0.05, 0.1) is 24.9 Å². The number of hydrogen-bond donors (Lipinski definition) is 2. The van der Waals surface area contributed by atoms with Crippen molar-refractivity contribution >= 4 is 28.9 Å². The largest absolute Gasteiger partial charge is 0.495 e. The summed E-state index contributed by atoms with van der Waals surface area (Å²) in [4.78, 5) is 11.3. The van der Waals surface area contributed by atoms with Crippen LogP contribution in [0.3, 0.4) is 0 Å². The Morgan fingerprint density at radius 3 is 2.39 bits per heavy atom. The smallest absolute Gasteiger partial charge is 0.227 e. The van der Waals surface area contributed by atoms with Crippen LogP contribution in [0.15, 0.2) is 48.8 Å². The molecule has 0 amide bonds. The molecule has 1 aliphatic rings. The quantitative estimate of drug-likeness (QED) is 0.501. The van der Waals surface area contributed by atoms with Crippen LogP contribution in [0.4, 0.5) is 17.3 Å². The zero-order chi connectivity index (χ0) is 23.6. The van der Waals surface area contributed by atoms with E-state index in [0.29, 0.717) is 16.7 Å². The number of benzene rings is 2. The van der Waals surface area contributed by atoms with E-state index in [4.69, 9.17) is 21.1 Å². The lowest BCUT2D eigenvalue weighted by atomic mass is 10.1. The van der Waals surface area contributed by atoms with Crippen molar-refractivity contribution in [1.82, 2.24) is 15.3 Å². The van der Waals surface area contributed by atoms with Gasteiger partial charge < -0.3 is 25.0 Å². The minimum Gasteiger partial charge on any atom is -0.495 e. The summed E-state index contributed by atoms with van der Waals surface area (Å²) in [6, 6.07) is 11.8. The molecular weight excluding hydrogens is 438 g/mol. The second-order valence-corrected chi connectivity index (χ2v) is 7.65. The minimum atomic E-state index is 0.495. The maximum atomic E-state index is 6.11. The molecule has 0 unspecified atom stereocenters. The SMILES string of the molecule is CC.COc1cc(-c2cnc(Nc3ccc(N4CCCNCC4)cc3OC)nc2)ccc1Cl. The summed E-state index contributed by atoms with van der Waals surface area (Å²) >= 11 is 6.11. The van der Waals surface area contributed by atoms with Crippen LogP contribution in [0.5, 0.6) is 11.5 Å². The molecule has 1 aliphatic heterocycles. The Kier molecular flexibility index (Phi) is 9.15. The third-order valence-corrected chi connectivity index (χ3v) is 5.59. The summed E-state index contributed by atoms with van der Waals surface area (Å²) in [6.45, 7) is 8.06. The average molecular weight is 470 g/mol. The standard InChI is InChI=1S/C23H26ClN5O2.C2H6/c1-30-21-12-16(4-6-19(21)24)17-14-26-23(27-15-17)28-20-7-5-18(13-22(20)31-2)29-10-3-8-25-9-11-29;1-2/h4-7,12-15,25H,3,8-11H2,1-2H3,(H,26,27,28);1-2H3. The monoisotopic (exact) mass is 469 g/mol. The fourth-order valence-corrected chi connectivity index (χ4v) is 3.78. The molecule has 0 radical (unpaired) electrons. The first-order valence-electron chi connectivity index (χ1n) is 11.2. The molecular formula is C25H32ClN5O2. The van der Waals surface area contributed by atoms with E-state index in [1.54, 1.807) is 32.7 Å². The molecule has 0 saturated carbocycles. The van der Waals surface area contributed by atoms with Gasteiger partial charge in [-0.1, -0.05) is 31.5 Å². The number of nitrogens with one attached hydrogen (secondary N) is 2. The van der Waals surface area contributed by atoms with Crippen molar-refractivity contribution in [2.45, 2.75) is 20.3 Å². The fraction of sp³-hybridized carbons (Fsp3) is 0.360. The fourth-order valence-electron chi connectivity index (χ4n) is 3.59. The van der Waals surface area contributed by atoms with Crippen LogP contribution < -0.4 is 25.0 Å². The highest BCUT2D eigenvalue weighted by Crippen LogP contribution is 2.33. The first kappa shape index (κ1) is 24.6. The molecule has 0 spiro atoms. The van der Waals surface area contributed by atoms with E-state index >= 15 is 0 Å². The van der Waals surface area contributed by atoms with E-state index in [2.05, 4.69) is 37.6 Å². The van der Waals surface area contributed by atoms with E-state index in [0.717, 1.165) is 60.9 Å². The number of rotatable bonds is 6. The van der Waals surface area contributed by atoms with Gasteiger partial charge in [0, 0.05) is 49.3 Å². The van der Waals surface area contributed by atoms with Crippen LogP contribution in [0, 0.1) is 0 Å². The van der Waals surface area contributed by atoms with Crippen molar-refractivity contribution in [3.05, 3.63) is 53.8 Å². The van der Waals surface area contributed by atoms with Crippen LogP contribution in [-0.2, 0) is 0 Å². The molecule has 2 aromatic carbocycles. The van der Waals surface area contributed by atoms with E-state index < -0.39 is 0 Å². The van der Waals surface area contributed by atoms with Gasteiger partial charge in [-0.3, -0.25) is 0 Å². The van der Waals surface area contributed by atoms with Crippen molar-refractivity contribution in [1.29, 1.82) is 0 Å². The lowest BCUT2D eigenvalue weighted by molar-refractivity contribution is 0.415. The van der Waals surface area contributed by atoms with Gasteiger partial charge >= 0.3 is 0 Å². The molecule has 2 N–H and O–H groups in total. The third kappa shape index (κ3) is 6.27. The topological polar surface area (TPSA) is 71.5 Å². The Hall–Kier alpha value is -3.03. The molecule has 0 aliphatic carbocycles. The predicted octanol–water partition coefficient (Wildman–Crippen LogP) is 5.38. The second kappa shape index (κ2) is 12.3. The van der Waals surface area contributed by atoms with Gasteiger partial charge in [0.15, 0.2) is 0 Å². The second-order valence-electron chi connectivity index (χ2n) is 7.24. The Morgan fingerprint density at radius 1 is 0.909 bits per heavy atom. The Balaban J connectivity index is 0.00000149. The normalized spacial score (nSPS) is 13.4. The maximum absolute atomic E-state index is 6.11. The molecule has 1 fully saturated rings. The Bertz CT molecular complexity index is 1020. The summed E-state index contributed by atoms with van der Waals surface area (Å²) in [5.41, 5.74) is 3.78. The van der Waals surface area contributed by atoms with Crippen molar-refractivity contribution in [2.24, 2.45) is 0 Å². The average Bonchev–Trinajstić information content (AvgIpc) is 3.16. The minimum absolute atomic E-state index is 0.495. The summed E-state index contributed by atoms with van der Waals surface area (Å²) < 4.78 is 10.9. The van der Waals surface area contributed by atoms with Crippen LogP contribution in [0.2, 0.25) is 5.02 Å². The third-order valence-electron chi connectivity index (χ3n) is 5.27. The summed E-state index contributed by atoms with van der Waals surface area (Å²) in [7, 11) is 3.27. The first-order valence-corrected chi connectivity index (χ1v) is 11.6. The number of halogens is 1. The summed E-state index contributed by atoms with van der Waals surface area (Å²) in [5, 5.41) is 7.25. The van der Waals surface area contributed by atoms with E-state index in [9.17, 15) is 0 Å². The molecule has 1 saturated heterocycles. The number of anilines is 3. The van der Waals surface area contributed by atoms with E-state index in [1.165, 1.54) is 0 Å². The number of aromatic nitrogens is 2. The van der Waals surface area contributed by atoms with Crippen LogP contribution >= 0.6 is 11.6 Å². The number of hydrogen-bond acceptors (Lipinski definition) is 7. The maximum Gasteiger partial charge on any atom is 0.227 e. The Labute approximate surface area is 201 Å². The van der Waals surface area contributed by atoms with Crippen LogP contribution in [0.1, 0.15) is 20.3 Å². The zero-order valence-corrected chi connectivity index (χ0v) is 20.4. The van der Waals surface area contributed by atoms with Gasteiger partial charge in [0.2, 0.25) is 5.95 Å². The molecule has 1 aromatic heterocycles. The molecule has 3 aromatic rings. The van der Waals surface area contributed by atoms with Crippen molar-refractivity contribution < 1.29 is 9.47 Å². The molecule has 176 valence electrons. The van der Waals surface area contributed by atoms with Gasteiger partial charge in [-0.2, -0.15) is 0 Å². The molecule has 2 heterocycles. The van der Waals surface area contributed by atoms with Gasteiger partial charge in [-0.15, -0.1) is 0 Å². The Morgan fingerprint density at radius 2 is 1.67 bits per heavy atom. The van der Waals surface area contributed by atoms with E-state index in [-0.39, 0.29) is 0 Å². The van der Waals surface area contributed by atoms with Crippen molar-refractivity contribution in [2.75, 3.05) is 50.6 Å². The lowest BCUT2D eigenvalue weighted by Gasteiger charge is -2.23. The van der Waals surface area contributed by atoms with Gasteiger partial charge in [0.1, 0.15) is 11.5 Å². The number of methoxy groups -OCH3 is 2. The van der Waals surface area contributed by atoms with Gasteiger partial charge in [-0.25, -0.2) is 9.97 Å². The highest BCUT2D eigenvalue weighted by atomic mass is 35.5. The molecule has 33 heavy (non-hydrogen) atoms. The van der Waals surface area contributed by atoms with Crippen LogP contribution in [-0.4, -0.2) is 50.4 Å². The molecule has 4 rings (SSSR count). The summed E-state index contributed by atoms with van der Waals surface area (Å²) in [5.74, 6) is 1.87. The molecule has 7 nitrogen and oxygen atoms in total. The highest BCUT2D eigenvalue weighted by molar-refractivity contribution is 6.32. The lowest BCUT2D eigenvalue weighted by Crippen LogP contribution is -2.27. The van der Waals surface area contributed by atoms with Crippen molar-refractivity contribution in [3.8, 4) is 22.6 Å².